The predicted octanol–water partition coefficient (Wildman–Crippen LogP) is 0.846. The average Bonchev–Trinajstić information content (AvgIpc) is 2.83. The molecule has 0 aliphatic carbocycles. The van der Waals surface area contributed by atoms with Crippen molar-refractivity contribution in [2.75, 3.05) is 12.8 Å². The Morgan fingerprint density at radius 3 is 2.76 bits per heavy atom. The highest BCUT2D eigenvalue weighted by Gasteiger charge is 2.31. The molecule has 0 aromatic carbocycles. The minimum Gasteiger partial charge on any atom is -0.338 e. The Morgan fingerprint density at radius 2 is 2.24 bits per heavy atom. The van der Waals surface area contributed by atoms with Crippen molar-refractivity contribution in [1.82, 2.24) is 15.5 Å². The van der Waals surface area contributed by atoms with Gasteiger partial charge in [-0.25, -0.2) is 8.42 Å². The second-order valence-corrected chi connectivity index (χ2v) is 7.03. The zero-order valence-electron chi connectivity index (χ0n) is 10.2. The van der Waals surface area contributed by atoms with Crippen LogP contribution in [0.5, 0.6) is 0 Å². The van der Waals surface area contributed by atoms with Gasteiger partial charge in [-0.1, -0.05) is 12.1 Å². The van der Waals surface area contributed by atoms with Crippen molar-refractivity contribution in [3.63, 3.8) is 0 Å². The first-order chi connectivity index (χ1) is 7.89. The van der Waals surface area contributed by atoms with Gasteiger partial charge in [0.2, 0.25) is 5.89 Å². The van der Waals surface area contributed by atoms with Crippen molar-refractivity contribution in [1.29, 1.82) is 0 Å². The van der Waals surface area contributed by atoms with Gasteiger partial charge in [0.25, 0.3) is 0 Å². The fourth-order valence-corrected chi connectivity index (χ4v) is 2.37. The first kappa shape index (κ1) is 12.5. The molecule has 6 nitrogen and oxygen atoms in total. The van der Waals surface area contributed by atoms with E-state index in [1.54, 1.807) is 6.92 Å². The summed E-state index contributed by atoms with van der Waals surface area (Å²) in [6.07, 6.45) is 2.23. The summed E-state index contributed by atoms with van der Waals surface area (Å²) in [5.74, 6) is 1.15. The van der Waals surface area contributed by atoms with Crippen LogP contribution in [-0.2, 0) is 9.84 Å². The third kappa shape index (κ3) is 2.50. The molecule has 1 fully saturated rings. The van der Waals surface area contributed by atoms with Gasteiger partial charge in [0.15, 0.2) is 15.7 Å². The van der Waals surface area contributed by atoms with Gasteiger partial charge >= 0.3 is 0 Å². The summed E-state index contributed by atoms with van der Waals surface area (Å²) >= 11 is 0. The van der Waals surface area contributed by atoms with E-state index in [4.69, 9.17) is 4.52 Å². The molecular weight excluding hydrogens is 242 g/mol. The molecule has 96 valence electrons. The molecule has 1 aromatic rings. The number of hydrogen-bond donors (Lipinski definition) is 1. The highest BCUT2D eigenvalue weighted by Crippen LogP contribution is 2.29. The summed E-state index contributed by atoms with van der Waals surface area (Å²) in [6, 6.07) is 0.0445. The monoisotopic (exact) mass is 259 g/mol. The molecule has 2 heterocycles. The molecule has 1 saturated heterocycles. The van der Waals surface area contributed by atoms with Gasteiger partial charge in [0, 0.05) is 6.26 Å². The Morgan fingerprint density at radius 1 is 1.53 bits per heavy atom. The van der Waals surface area contributed by atoms with Crippen LogP contribution in [0.1, 0.15) is 43.3 Å². The topological polar surface area (TPSA) is 85.1 Å². The molecule has 1 aliphatic rings. The van der Waals surface area contributed by atoms with E-state index in [2.05, 4.69) is 22.4 Å². The number of aromatic nitrogens is 2. The summed E-state index contributed by atoms with van der Waals surface area (Å²) in [7, 11) is -3.19. The minimum atomic E-state index is -3.19. The predicted molar refractivity (Wildman–Crippen MR) is 62.1 cm³/mol. The average molecular weight is 259 g/mol. The van der Waals surface area contributed by atoms with Gasteiger partial charge in [-0.15, -0.1) is 0 Å². The Kier molecular flexibility index (Phi) is 3.22. The first-order valence-corrected chi connectivity index (χ1v) is 7.61. The van der Waals surface area contributed by atoms with Crippen molar-refractivity contribution < 1.29 is 12.9 Å². The van der Waals surface area contributed by atoms with E-state index in [0.29, 0.717) is 11.8 Å². The smallest absolute Gasteiger partial charge is 0.244 e. The largest absolute Gasteiger partial charge is 0.338 e. The molecule has 0 saturated carbocycles. The number of nitrogens with zero attached hydrogens (tertiary/aromatic N) is 2. The van der Waals surface area contributed by atoms with E-state index in [9.17, 15) is 8.42 Å². The molecule has 1 aromatic heterocycles. The Bertz CT molecular complexity index is 497. The molecule has 2 rings (SSSR count). The third-order valence-corrected chi connectivity index (χ3v) is 4.76. The summed E-state index contributed by atoms with van der Waals surface area (Å²) < 4.78 is 27.9. The first-order valence-electron chi connectivity index (χ1n) is 5.65. The Hall–Kier alpha value is -0.950. The van der Waals surface area contributed by atoms with Crippen LogP contribution in [0, 0.1) is 5.92 Å². The molecule has 17 heavy (non-hydrogen) atoms. The van der Waals surface area contributed by atoms with Gasteiger partial charge in [-0.05, 0) is 25.8 Å². The lowest BCUT2D eigenvalue weighted by atomic mass is 10.0. The van der Waals surface area contributed by atoms with Crippen LogP contribution in [0.15, 0.2) is 4.52 Å². The number of hydrogen-bond acceptors (Lipinski definition) is 6. The zero-order valence-corrected chi connectivity index (χ0v) is 11.0. The summed E-state index contributed by atoms with van der Waals surface area (Å²) in [6.45, 7) is 4.59. The second kappa shape index (κ2) is 4.38. The van der Waals surface area contributed by atoms with E-state index in [1.165, 1.54) is 6.26 Å². The van der Waals surface area contributed by atoms with E-state index in [-0.39, 0.29) is 11.9 Å². The lowest BCUT2D eigenvalue weighted by Crippen LogP contribution is -2.17. The lowest BCUT2D eigenvalue weighted by Gasteiger charge is -2.09. The zero-order chi connectivity index (χ0) is 12.6. The molecule has 0 amide bonds. The van der Waals surface area contributed by atoms with E-state index < -0.39 is 15.1 Å². The maximum absolute atomic E-state index is 11.4. The molecule has 1 N–H and O–H groups in total. The fraction of sp³-hybridized carbons (Fsp3) is 0.800. The van der Waals surface area contributed by atoms with Gasteiger partial charge in [0.1, 0.15) is 5.25 Å². The summed E-state index contributed by atoms with van der Waals surface area (Å²) in [4.78, 5) is 4.19. The van der Waals surface area contributed by atoms with Crippen LogP contribution < -0.4 is 5.32 Å². The van der Waals surface area contributed by atoms with Crippen LogP contribution in [0.2, 0.25) is 0 Å². The van der Waals surface area contributed by atoms with Gasteiger partial charge in [0.05, 0.1) is 6.04 Å². The Balaban J connectivity index is 2.21. The van der Waals surface area contributed by atoms with Crippen LogP contribution >= 0.6 is 0 Å². The van der Waals surface area contributed by atoms with Crippen molar-refractivity contribution >= 4 is 9.84 Å². The normalized spacial score (nSPS) is 27.2. The SMILES string of the molecule is CC1CCNC1c1nc(C(C)S(C)(=O)=O)no1. The van der Waals surface area contributed by atoms with Crippen molar-refractivity contribution in [2.45, 2.75) is 31.6 Å². The van der Waals surface area contributed by atoms with Crippen molar-refractivity contribution in [3.8, 4) is 0 Å². The molecular formula is C10H17N3O3S. The molecule has 7 heteroatoms. The molecule has 1 aliphatic heterocycles. The van der Waals surface area contributed by atoms with Gasteiger partial charge in [-0.2, -0.15) is 4.98 Å². The van der Waals surface area contributed by atoms with E-state index in [1.807, 2.05) is 0 Å². The van der Waals surface area contributed by atoms with Crippen LogP contribution in [0.25, 0.3) is 0 Å². The summed E-state index contributed by atoms with van der Waals surface area (Å²) in [5.41, 5.74) is 0. The quantitative estimate of drug-likeness (QED) is 0.866. The van der Waals surface area contributed by atoms with Crippen molar-refractivity contribution in [2.24, 2.45) is 5.92 Å². The molecule has 0 spiro atoms. The van der Waals surface area contributed by atoms with E-state index >= 15 is 0 Å². The molecule has 3 unspecified atom stereocenters. The van der Waals surface area contributed by atoms with E-state index in [0.717, 1.165) is 13.0 Å². The highest BCUT2D eigenvalue weighted by atomic mass is 32.2. The second-order valence-electron chi connectivity index (χ2n) is 4.66. The molecule has 0 bridgehead atoms. The molecule has 3 atom stereocenters. The maximum Gasteiger partial charge on any atom is 0.244 e. The number of sulfone groups is 1. The van der Waals surface area contributed by atoms with Crippen LogP contribution in [-0.4, -0.2) is 31.4 Å². The summed E-state index contributed by atoms with van der Waals surface area (Å²) in [5, 5.41) is 6.30. The van der Waals surface area contributed by atoms with Gasteiger partial charge < -0.3 is 9.84 Å². The minimum absolute atomic E-state index is 0.0445. The maximum atomic E-state index is 11.4. The standard InChI is InChI=1S/C10H17N3O3S/c1-6-4-5-11-8(6)10-12-9(13-16-10)7(2)17(3,14)15/h6-8,11H,4-5H2,1-3H3. The van der Waals surface area contributed by atoms with Crippen LogP contribution in [0.4, 0.5) is 0 Å². The molecule has 0 radical (unpaired) electrons. The number of nitrogens with one attached hydrogen (secondary N) is 1. The van der Waals surface area contributed by atoms with Gasteiger partial charge in [-0.3, -0.25) is 0 Å². The Labute approximate surface area is 101 Å². The number of rotatable bonds is 3. The fourth-order valence-electron chi connectivity index (χ4n) is 1.90. The van der Waals surface area contributed by atoms with Crippen molar-refractivity contribution in [3.05, 3.63) is 11.7 Å². The van der Waals surface area contributed by atoms with Crippen LogP contribution in [0.3, 0.4) is 0 Å². The third-order valence-electron chi connectivity index (χ3n) is 3.26. The lowest BCUT2D eigenvalue weighted by molar-refractivity contribution is 0.316. The highest BCUT2D eigenvalue weighted by molar-refractivity contribution is 7.90.